The second-order valence-electron chi connectivity index (χ2n) is 8.11. The van der Waals surface area contributed by atoms with Crippen molar-refractivity contribution in [1.29, 1.82) is 0 Å². The molecule has 0 aromatic heterocycles. The van der Waals surface area contributed by atoms with Crippen LogP contribution in [0.2, 0.25) is 0 Å². The van der Waals surface area contributed by atoms with E-state index in [0.29, 0.717) is 45.2 Å². The number of hydrogen-bond acceptors (Lipinski definition) is 5. The van der Waals surface area contributed by atoms with Crippen LogP contribution in [0, 0.1) is 5.41 Å². The molecule has 1 aromatic rings. The van der Waals surface area contributed by atoms with Crippen molar-refractivity contribution in [2.45, 2.75) is 18.0 Å². The third-order valence-electron chi connectivity index (χ3n) is 5.63. The average Bonchev–Trinajstić information content (AvgIpc) is 2.66. The molecule has 13 heteroatoms. The molecule has 170 valence electrons. The van der Waals surface area contributed by atoms with Crippen molar-refractivity contribution in [1.82, 2.24) is 20.1 Å². The second kappa shape index (κ2) is 7.14. The lowest BCUT2D eigenvalue weighted by Crippen LogP contribution is -2.74. The van der Waals surface area contributed by atoms with Crippen molar-refractivity contribution in [2.24, 2.45) is 10.5 Å². The Morgan fingerprint density at radius 3 is 1.81 bits per heavy atom. The molecule has 31 heavy (non-hydrogen) atoms. The summed E-state index contributed by atoms with van der Waals surface area (Å²) in [4.78, 5) is 18.0. The normalized spacial score (nSPS) is 31.1. The Morgan fingerprint density at radius 1 is 0.871 bits per heavy atom. The first-order valence-electron chi connectivity index (χ1n) is 9.29. The van der Waals surface area contributed by atoms with Crippen molar-refractivity contribution in [3.8, 4) is 0 Å². The molecule has 4 saturated heterocycles. The van der Waals surface area contributed by atoms with Crippen LogP contribution in [0.3, 0.4) is 0 Å². The Bertz CT molecular complexity index is 852. The van der Waals surface area contributed by atoms with E-state index in [1.165, 1.54) is 5.43 Å². The van der Waals surface area contributed by atoms with Gasteiger partial charge < -0.3 is 0 Å². The molecule has 0 atom stereocenters. The molecule has 0 saturated carbocycles. The molecule has 1 amide bonds. The van der Waals surface area contributed by atoms with Crippen molar-refractivity contribution < 1.29 is 35.5 Å². The van der Waals surface area contributed by atoms with Crippen molar-refractivity contribution in [3.05, 3.63) is 35.9 Å². The van der Waals surface area contributed by atoms with Gasteiger partial charge in [-0.15, -0.1) is 0 Å². The molecule has 0 aliphatic carbocycles. The standard InChI is InChI=1S/C18H18F7N5O/c19-16(20,17(21,22)18(23,24)25)14(31)27-26-13(12-4-2-1-3-5-12)15-6-28-9-29(7-15)11-30(8-15)10-28/h1-5H,6-11H2,(H,27,31)/b26-13-. The molecular formula is C18H18F7N5O. The van der Waals surface area contributed by atoms with Crippen LogP contribution in [-0.2, 0) is 4.79 Å². The first-order chi connectivity index (χ1) is 14.4. The van der Waals surface area contributed by atoms with Gasteiger partial charge in [-0.2, -0.15) is 35.8 Å². The average molecular weight is 453 g/mol. The minimum Gasteiger partial charge on any atom is -0.276 e. The molecule has 4 aliphatic rings. The molecule has 0 radical (unpaired) electrons. The largest absolute Gasteiger partial charge is 0.460 e. The van der Waals surface area contributed by atoms with Crippen LogP contribution in [-0.4, -0.2) is 84.0 Å². The van der Waals surface area contributed by atoms with E-state index in [-0.39, 0.29) is 5.71 Å². The fraction of sp³-hybridized carbons (Fsp3) is 0.556. The SMILES string of the molecule is O=C(N/N=C(/c1ccccc1)C12CN3CN(CN(C3)C1)C2)C(F)(F)C(F)(F)C(F)(F)F. The Hall–Kier alpha value is -2.25. The van der Waals surface area contributed by atoms with E-state index in [1.807, 2.05) is 0 Å². The lowest BCUT2D eigenvalue weighted by molar-refractivity contribution is -0.344. The Morgan fingerprint density at radius 2 is 1.35 bits per heavy atom. The van der Waals surface area contributed by atoms with Gasteiger partial charge in [-0.1, -0.05) is 30.3 Å². The second-order valence-corrected chi connectivity index (χ2v) is 8.11. The van der Waals surface area contributed by atoms with Gasteiger partial charge in [-0.05, 0) is 5.56 Å². The summed E-state index contributed by atoms with van der Waals surface area (Å²) < 4.78 is 91.1. The highest BCUT2D eigenvalue weighted by atomic mass is 19.4. The van der Waals surface area contributed by atoms with Crippen LogP contribution in [0.4, 0.5) is 30.7 Å². The summed E-state index contributed by atoms with van der Waals surface area (Å²) in [5.41, 5.74) is 1.13. The predicted octanol–water partition coefficient (Wildman–Crippen LogP) is 2.15. The third kappa shape index (κ3) is 3.57. The van der Waals surface area contributed by atoms with Crippen molar-refractivity contribution in [3.63, 3.8) is 0 Å². The molecule has 1 N–H and O–H groups in total. The van der Waals surface area contributed by atoms with Gasteiger partial charge in [-0.25, -0.2) is 5.43 Å². The van der Waals surface area contributed by atoms with E-state index in [4.69, 9.17) is 0 Å². The molecular weight excluding hydrogens is 435 g/mol. The number of nitrogens with zero attached hydrogens (tertiary/aromatic N) is 4. The van der Waals surface area contributed by atoms with E-state index < -0.39 is 29.3 Å². The fourth-order valence-corrected chi connectivity index (χ4v) is 4.52. The van der Waals surface area contributed by atoms with Gasteiger partial charge in [-0.3, -0.25) is 19.5 Å². The van der Waals surface area contributed by atoms with E-state index >= 15 is 0 Å². The summed E-state index contributed by atoms with van der Waals surface area (Å²) in [5, 5.41) is 3.70. The van der Waals surface area contributed by atoms with E-state index in [9.17, 15) is 35.5 Å². The summed E-state index contributed by atoms with van der Waals surface area (Å²) in [6.45, 7) is 3.46. The number of benzene rings is 1. The molecule has 5 rings (SSSR count). The smallest absolute Gasteiger partial charge is 0.276 e. The number of amides is 1. The highest BCUT2D eigenvalue weighted by Crippen LogP contribution is 2.46. The zero-order chi connectivity index (χ0) is 22.7. The maximum Gasteiger partial charge on any atom is 0.460 e. The minimum atomic E-state index is -6.60. The number of halogens is 7. The summed E-state index contributed by atoms with van der Waals surface area (Å²) in [6, 6.07) is 8.17. The minimum absolute atomic E-state index is 0.145. The fourth-order valence-electron chi connectivity index (χ4n) is 4.52. The van der Waals surface area contributed by atoms with E-state index in [2.05, 4.69) is 19.8 Å². The van der Waals surface area contributed by atoms with Crippen LogP contribution in [0.5, 0.6) is 0 Å². The summed E-state index contributed by atoms with van der Waals surface area (Å²) >= 11 is 0. The Kier molecular flexibility index (Phi) is 5.06. The Labute approximate surface area is 172 Å². The van der Waals surface area contributed by atoms with Crippen LogP contribution in [0.1, 0.15) is 5.56 Å². The van der Waals surface area contributed by atoms with Gasteiger partial charge in [0.15, 0.2) is 0 Å². The number of alkyl halides is 7. The zero-order valence-corrected chi connectivity index (χ0v) is 16.0. The Balaban J connectivity index is 1.67. The van der Waals surface area contributed by atoms with Crippen LogP contribution >= 0.6 is 0 Å². The number of nitrogens with one attached hydrogen (secondary N) is 1. The van der Waals surface area contributed by atoms with Gasteiger partial charge in [0.25, 0.3) is 0 Å². The maximum atomic E-state index is 13.7. The van der Waals surface area contributed by atoms with Crippen LogP contribution in [0.15, 0.2) is 35.4 Å². The first-order valence-corrected chi connectivity index (χ1v) is 9.29. The monoisotopic (exact) mass is 453 g/mol. The van der Waals surface area contributed by atoms with Crippen LogP contribution in [0.25, 0.3) is 0 Å². The van der Waals surface area contributed by atoms with Gasteiger partial charge in [0.1, 0.15) is 0 Å². The van der Waals surface area contributed by atoms with Crippen LogP contribution < -0.4 is 5.43 Å². The molecule has 4 bridgehead atoms. The summed E-state index contributed by atoms with van der Waals surface area (Å²) in [6.07, 6.45) is -6.60. The van der Waals surface area contributed by atoms with Crippen molar-refractivity contribution in [2.75, 3.05) is 39.6 Å². The number of carbonyl (C=O) groups excluding carboxylic acids is 1. The van der Waals surface area contributed by atoms with Gasteiger partial charge >= 0.3 is 23.9 Å². The molecule has 1 aromatic carbocycles. The molecule has 0 unspecified atom stereocenters. The topological polar surface area (TPSA) is 51.2 Å². The molecule has 4 fully saturated rings. The van der Waals surface area contributed by atoms with Crippen molar-refractivity contribution >= 4 is 11.6 Å². The molecule has 4 heterocycles. The van der Waals surface area contributed by atoms with E-state index in [0.717, 1.165) is 0 Å². The lowest BCUT2D eigenvalue weighted by Gasteiger charge is -2.60. The number of rotatable bonds is 5. The number of carbonyl (C=O) groups is 1. The highest BCUT2D eigenvalue weighted by Gasteiger charge is 2.76. The number of hydrogen-bond donors (Lipinski definition) is 1. The zero-order valence-electron chi connectivity index (χ0n) is 16.0. The lowest BCUT2D eigenvalue weighted by atomic mass is 9.74. The highest BCUT2D eigenvalue weighted by molar-refractivity contribution is 6.06. The summed E-state index contributed by atoms with van der Waals surface area (Å²) in [7, 11) is 0. The number of hydrazone groups is 1. The van der Waals surface area contributed by atoms with Gasteiger partial charge in [0, 0.05) is 19.6 Å². The predicted molar refractivity (Wildman–Crippen MR) is 94.2 cm³/mol. The third-order valence-corrected chi connectivity index (χ3v) is 5.63. The first kappa shape index (κ1) is 22.0. The molecule has 4 aliphatic heterocycles. The molecule has 0 spiro atoms. The van der Waals surface area contributed by atoms with Gasteiger partial charge in [0.05, 0.1) is 31.1 Å². The summed E-state index contributed by atoms with van der Waals surface area (Å²) in [5.74, 6) is -15.4. The molecule has 6 nitrogen and oxygen atoms in total. The van der Waals surface area contributed by atoms with E-state index in [1.54, 1.807) is 30.3 Å². The quantitative estimate of drug-likeness (QED) is 0.422. The maximum absolute atomic E-state index is 13.7. The van der Waals surface area contributed by atoms with Gasteiger partial charge in [0.2, 0.25) is 0 Å².